The van der Waals surface area contributed by atoms with Gasteiger partial charge in [-0.15, -0.1) is 0 Å². The lowest BCUT2D eigenvalue weighted by molar-refractivity contribution is -0.122. The number of carbonyl (C=O) groups excluding carboxylic acids is 2. The summed E-state index contributed by atoms with van der Waals surface area (Å²) in [5.74, 6) is -2.01. The highest BCUT2D eigenvalue weighted by Gasteiger charge is 2.55. The molecule has 2 amide bonds. The summed E-state index contributed by atoms with van der Waals surface area (Å²) in [6.45, 7) is 0. The summed E-state index contributed by atoms with van der Waals surface area (Å²) in [6, 6.07) is 26.2. The number of anilines is 1. The molecule has 4 atom stereocenters. The molecule has 1 fully saturated rings. The summed E-state index contributed by atoms with van der Waals surface area (Å²) in [5, 5.41) is 10.3. The third kappa shape index (κ3) is 2.84. The Kier molecular flexibility index (Phi) is 4.47. The van der Waals surface area contributed by atoms with E-state index in [1.807, 2.05) is 60.7 Å². The first-order valence-corrected chi connectivity index (χ1v) is 10.1. The maximum absolute atomic E-state index is 13.6. The minimum absolute atomic E-state index is 0.0710. The quantitative estimate of drug-likeness (QED) is 0.519. The van der Waals surface area contributed by atoms with Gasteiger partial charge >= 0.3 is 0 Å². The normalized spacial score (nSPS) is 25.4. The summed E-state index contributed by atoms with van der Waals surface area (Å²) in [6.07, 6.45) is 4.13. The van der Waals surface area contributed by atoms with E-state index >= 15 is 0 Å². The van der Waals surface area contributed by atoms with Gasteiger partial charge in [0.05, 0.1) is 17.5 Å². The van der Waals surface area contributed by atoms with Crippen LogP contribution in [0.3, 0.4) is 0 Å². The molecule has 0 radical (unpaired) electrons. The van der Waals surface area contributed by atoms with Gasteiger partial charge in [-0.3, -0.25) is 9.59 Å². The minimum atomic E-state index is -0.519. The van der Waals surface area contributed by atoms with E-state index in [2.05, 4.69) is 12.2 Å². The van der Waals surface area contributed by atoms with Crippen molar-refractivity contribution < 1.29 is 14.7 Å². The van der Waals surface area contributed by atoms with Crippen molar-refractivity contribution in [1.82, 2.24) is 0 Å². The van der Waals surface area contributed by atoms with Crippen molar-refractivity contribution in [3.63, 3.8) is 0 Å². The maximum atomic E-state index is 13.6. The molecule has 0 spiro atoms. The fourth-order valence-corrected chi connectivity index (χ4v) is 4.82. The van der Waals surface area contributed by atoms with Crippen molar-refractivity contribution in [3.8, 4) is 5.75 Å². The van der Waals surface area contributed by atoms with Crippen LogP contribution in [-0.2, 0) is 9.59 Å². The van der Waals surface area contributed by atoms with E-state index in [4.69, 9.17) is 0 Å². The van der Waals surface area contributed by atoms with Gasteiger partial charge in [-0.1, -0.05) is 84.9 Å². The summed E-state index contributed by atoms with van der Waals surface area (Å²) < 4.78 is 0. The number of allylic oxidation sites excluding steroid dienone is 2. The second-order valence-corrected chi connectivity index (χ2v) is 7.81. The molecule has 4 heteroatoms. The molecule has 1 aliphatic heterocycles. The number of imide groups is 1. The molecule has 0 unspecified atom stereocenters. The third-order valence-corrected chi connectivity index (χ3v) is 6.19. The van der Waals surface area contributed by atoms with E-state index in [-0.39, 0.29) is 35.1 Å². The molecule has 0 bridgehead atoms. The SMILES string of the molecule is O=C1[C@H]2[C@H](C(=O)N1c1ccccc1O)[C@H](c1ccccc1)C=C[C@H]2c1ccccc1. The van der Waals surface area contributed by atoms with Crippen LogP contribution in [0.4, 0.5) is 5.69 Å². The number of nitrogens with zero attached hydrogens (tertiary/aromatic N) is 1. The molecule has 30 heavy (non-hydrogen) atoms. The van der Waals surface area contributed by atoms with Crippen LogP contribution >= 0.6 is 0 Å². The number of carbonyl (C=O) groups is 2. The van der Waals surface area contributed by atoms with Crippen molar-refractivity contribution in [2.45, 2.75) is 11.8 Å². The molecule has 1 saturated heterocycles. The number of hydrogen-bond donors (Lipinski definition) is 1. The number of amides is 2. The molecule has 4 nitrogen and oxygen atoms in total. The lowest BCUT2D eigenvalue weighted by Crippen LogP contribution is -2.31. The monoisotopic (exact) mass is 395 g/mol. The van der Waals surface area contributed by atoms with Gasteiger partial charge in [-0.05, 0) is 23.3 Å². The molecular weight excluding hydrogens is 374 g/mol. The highest BCUT2D eigenvalue weighted by molar-refractivity contribution is 6.23. The molecule has 0 saturated carbocycles. The van der Waals surface area contributed by atoms with Crippen molar-refractivity contribution >= 4 is 17.5 Å². The van der Waals surface area contributed by atoms with Gasteiger partial charge in [0.1, 0.15) is 5.75 Å². The predicted octanol–water partition coefficient (Wildman–Crippen LogP) is 4.64. The Hall–Kier alpha value is -3.66. The zero-order valence-corrected chi connectivity index (χ0v) is 16.3. The average Bonchev–Trinajstić information content (AvgIpc) is 3.06. The summed E-state index contributed by atoms with van der Waals surface area (Å²) in [7, 11) is 0. The van der Waals surface area contributed by atoms with Crippen molar-refractivity contribution in [2.24, 2.45) is 11.8 Å². The largest absolute Gasteiger partial charge is 0.506 e. The minimum Gasteiger partial charge on any atom is -0.506 e. The molecule has 0 aromatic heterocycles. The van der Waals surface area contributed by atoms with Crippen molar-refractivity contribution in [3.05, 3.63) is 108 Å². The Bertz CT molecular complexity index is 1060. The average molecular weight is 395 g/mol. The number of phenolic OH excluding ortho intramolecular Hbond substituents is 1. The van der Waals surface area contributed by atoms with E-state index in [1.54, 1.807) is 18.2 Å². The molecule has 1 N–H and O–H groups in total. The Morgan fingerprint density at radius 1 is 0.600 bits per heavy atom. The van der Waals surface area contributed by atoms with Gasteiger partial charge in [0.15, 0.2) is 0 Å². The molecule has 5 rings (SSSR count). The van der Waals surface area contributed by atoms with E-state index in [0.29, 0.717) is 0 Å². The van der Waals surface area contributed by atoms with Crippen LogP contribution in [0.1, 0.15) is 23.0 Å². The highest BCUT2D eigenvalue weighted by atomic mass is 16.3. The number of phenols is 1. The van der Waals surface area contributed by atoms with Crippen LogP contribution in [0, 0.1) is 11.8 Å². The second-order valence-electron chi connectivity index (χ2n) is 7.81. The van der Waals surface area contributed by atoms with Gasteiger partial charge in [0, 0.05) is 11.8 Å². The van der Waals surface area contributed by atoms with Crippen LogP contribution in [0.5, 0.6) is 5.75 Å². The van der Waals surface area contributed by atoms with Crippen LogP contribution in [0.2, 0.25) is 0 Å². The predicted molar refractivity (Wildman–Crippen MR) is 115 cm³/mol. The van der Waals surface area contributed by atoms with E-state index in [0.717, 1.165) is 11.1 Å². The van der Waals surface area contributed by atoms with Crippen LogP contribution in [-0.4, -0.2) is 16.9 Å². The number of benzene rings is 3. The Labute approximate surface area is 175 Å². The fourth-order valence-electron chi connectivity index (χ4n) is 4.82. The zero-order valence-electron chi connectivity index (χ0n) is 16.3. The molecule has 3 aromatic rings. The molecule has 148 valence electrons. The van der Waals surface area contributed by atoms with E-state index in [1.165, 1.54) is 11.0 Å². The number of para-hydroxylation sites is 2. The lowest BCUT2D eigenvalue weighted by Gasteiger charge is -2.32. The van der Waals surface area contributed by atoms with Gasteiger partial charge in [-0.2, -0.15) is 0 Å². The molecular formula is C26H21NO3. The highest BCUT2D eigenvalue weighted by Crippen LogP contribution is 2.50. The summed E-state index contributed by atoms with van der Waals surface area (Å²) in [5.41, 5.74) is 2.27. The molecule has 3 aromatic carbocycles. The number of aromatic hydroxyl groups is 1. The number of hydrogen-bond acceptors (Lipinski definition) is 3. The number of fused-ring (bicyclic) bond motifs is 1. The van der Waals surface area contributed by atoms with Crippen molar-refractivity contribution in [1.29, 1.82) is 0 Å². The Morgan fingerprint density at radius 3 is 1.50 bits per heavy atom. The summed E-state index contributed by atoms with van der Waals surface area (Å²) in [4.78, 5) is 28.4. The molecule has 1 aliphatic carbocycles. The Morgan fingerprint density at radius 2 is 1.03 bits per heavy atom. The van der Waals surface area contributed by atoms with Crippen LogP contribution in [0.25, 0.3) is 0 Å². The fraction of sp³-hybridized carbons (Fsp3) is 0.154. The lowest BCUT2D eigenvalue weighted by atomic mass is 9.68. The zero-order chi connectivity index (χ0) is 20.7. The first kappa shape index (κ1) is 18.4. The standard InChI is InChI=1S/C26H21NO3/c28-22-14-8-7-13-21(22)27-25(29)23-19(17-9-3-1-4-10-17)15-16-20(24(23)26(27)30)18-11-5-2-6-12-18/h1-16,19-20,23-24,28H/t19-,20-,23+,24+/m0/s1. The molecule has 1 heterocycles. The van der Waals surface area contributed by atoms with Gasteiger partial charge < -0.3 is 5.11 Å². The van der Waals surface area contributed by atoms with Gasteiger partial charge in [0.25, 0.3) is 0 Å². The smallest absolute Gasteiger partial charge is 0.238 e. The van der Waals surface area contributed by atoms with Gasteiger partial charge in [-0.25, -0.2) is 4.90 Å². The third-order valence-electron chi connectivity index (χ3n) is 6.19. The van der Waals surface area contributed by atoms with Gasteiger partial charge in [0.2, 0.25) is 11.8 Å². The van der Waals surface area contributed by atoms with Crippen LogP contribution < -0.4 is 4.90 Å². The van der Waals surface area contributed by atoms with E-state index < -0.39 is 11.8 Å². The Balaban J connectivity index is 1.65. The second kappa shape index (κ2) is 7.30. The number of rotatable bonds is 3. The topological polar surface area (TPSA) is 57.6 Å². The molecule has 2 aliphatic rings. The first-order valence-electron chi connectivity index (χ1n) is 10.1. The van der Waals surface area contributed by atoms with E-state index in [9.17, 15) is 14.7 Å². The first-order chi connectivity index (χ1) is 14.7. The van der Waals surface area contributed by atoms with Crippen molar-refractivity contribution in [2.75, 3.05) is 4.90 Å². The summed E-state index contributed by atoms with van der Waals surface area (Å²) >= 11 is 0. The van der Waals surface area contributed by atoms with Crippen LogP contribution in [0.15, 0.2) is 97.1 Å². The maximum Gasteiger partial charge on any atom is 0.238 e.